The monoisotopic (exact) mass is 407 g/mol. The molecule has 2 fully saturated rings. The van der Waals surface area contributed by atoms with Crippen molar-refractivity contribution in [2.45, 2.75) is 18.9 Å². The summed E-state index contributed by atoms with van der Waals surface area (Å²) in [5.41, 5.74) is 2.54. The summed E-state index contributed by atoms with van der Waals surface area (Å²) in [5.74, 6) is 2.44. The Hall–Kier alpha value is -2.89. The fourth-order valence-electron chi connectivity index (χ4n) is 4.42. The highest BCUT2D eigenvalue weighted by atomic mass is 16.5. The zero-order chi connectivity index (χ0) is 20.8. The van der Waals surface area contributed by atoms with Crippen LogP contribution in [0.1, 0.15) is 12.8 Å². The maximum absolute atomic E-state index is 5.37. The molecule has 2 N–H and O–H groups in total. The van der Waals surface area contributed by atoms with E-state index in [9.17, 15) is 0 Å². The molecule has 2 atom stereocenters. The summed E-state index contributed by atoms with van der Waals surface area (Å²) < 4.78 is 5.37. The topological polar surface area (TPSA) is 52.1 Å². The second kappa shape index (κ2) is 9.74. The Morgan fingerprint density at radius 3 is 2.57 bits per heavy atom. The van der Waals surface area contributed by atoms with Gasteiger partial charge in [0.1, 0.15) is 5.75 Å². The third-order valence-electron chi connectivity index (χ3n) is 6.14. The Labute approximate surface area is 179 Å². The standard InChI is InChI=1S/C24H33N5O/c1-25-24(27-20-12-14-29(18-20)21-7-4-3-5-8-21)26-16-19-11-13-28(17-19)22-9-6-10-23(15-22)30-2/h3-10,15,19-20H,11-14,16-18H2,1-2H3,(H2,25,26,27). The molecule has 30 heavy (non-hydrogen) atoms. The van der Waals surface area contributed by atoms with Gasteiger partial charge in [0, 0.05) is 63.3 Å². The number of anilines is 2. The van der Waals surface area contributed by atoms with Crippen molar-refractivity contribution in [2.24, 2.45) is 10.9 Å². The van der Waals surface area contributed by atoms with Crippen molar-refractivity contribution >= 4 is 17.3 Å². The minimum Gasteiger partial charge on any atom is -0.497 e. The van der Waals surface area contributed by atoms with Crippen molar-refractivity contribution in [1.82, 2.24) is 10.6 Å². The summed E-state index contributed by atoms with van der Waals surface area (Å²) in [5, 5.41) is 7.17. The lowest BCUT2D eigenvalue weighted by Gasteiger charge is -2.22. The molecule has 2 heterocycles. The summed E-state index contributed by atoms with van der Waals surface area (Å²) in [6.45, 7) is 5.17. The van der Waals surface area contributed by atoms with E-state index in [0.29, 0.717) is 12.0 Å². The number of ether oxygens (including phenoxy) is 1. The molecule has 0 spiro atoms. The van der Waals surface area contributed by atoms with E-state index in [1.54, 1.807) is 7.11 Å². The molecule has 0 amide bonds. The van der Waals surface area contributed by atoms with Gasteiger partial charge >= 0.3 is 0 Å². The van der Waals surface area contributed by atoms with Gasteiger partial charge in [-0.1, -0.05) is 24.3 Å². The molecule has 2 aromatic carbocycles. The molecule has 0 aromatic heterocycles. The highest BCUT2D eigenvalue weighted by Gasteiger charge is 2.25. The highest BCUT2D eigenvalue weighted by Crippen LogP contribution is 2.26. The van der Waals surface area contributed by atoms with Crippen molar-refractivity contribution < 1.29 is 4.74 Å². The van der Waals surface area contributed by atoms with Crippen LogP contribution in [0.5, 0.6) is 5.75 Å². The van der Waals surface area contributed by atoms with Gasteiger partial charge in [0.2, 0.25) is 0 Å². The third kappa shape index (κ3) is 4.99. The number of nitrogens with zero attached hydrogens (tertiary/aromatic N) is 3. The van der Waals surface area contributed by atoms with E-state index in [0.717, 1.165) is 50.9 Å². The minimum absolute atomic E-state index is 0.424. The van der Waals surface area contributed by atoms with E-state index in [1.807, 2.05) is 13.1 Å². The lowest BCUT2D eigenvalue weighted by Crippen LogP contribution is -2.46. The fourth-order valence-corrected chi connectivity index (χ4v) is 4.42. The second-order valence-electron chi connectivity index (χ2n) is 8.17. The number of aliphatic imine (C=N–C) groups is 1. The molecule has 6 nitrogen and oxygen atoms in total. The lowest BCUT2D eigenvalue weighted by atomic mass is 10.1. The molecule has 0 radical (unpaired) electrons. The zero-order valence-corrected chi connectivity index (χ0v) is 18.1. The average Bonchev–Trinajstić information content (AvgIpc) is 3.47. The lowest BCUT2D eigenvalue weighted by molar-refractivity contribution is 0.415. The van der Waals surface area contributed by atoms with E-state index < -0.39 is 0 Å². The maximum atomic E-state index is 5.37. The van der Waals surface area contributed by atoms with Crippen LogP contribution in [-0.2, 0) is 0 Å². The van der Waals surface area contributed by atoms with E-state index in [4.69, 9.17) is 4.74 Å². The van der Waals surface area contributed by atoms with Gasteiger partial charge in [-0.3, -0.25) is 4.99 Å². The smallest absolute Gasteiger partial charge is 0.191 e. The average molecular weight is 408 g/mol. The van der Waals surface area contributed by atoms with Crippen molar-refractivity contribution in [1.29, 1.82) is 0 Å². The summed E-state index contributed by atoms with van der Waals surface area (Å²) in [7, 11) is 3.58. The molecular formula is C24H33N5O. The van der Waals surface area contributed by atoms with Crippen molar-refractivity contribution in [2.75, 3.05) is 56.7 Å². The first kappa shape index (κ1) is 20.4. The third-order valence-corrected chi connectivity index (χ3v) is 6.14. The Morgan fingerprint density at radius 2 is 1.77 bits per heavy atom. The first-order valence-corrected chi connectivity index (χ1v) is 10.9. The predicted molar refractivity (Wildman–Crippen MR) is 125 cm³/mol. The largest absolute Gasteiger partial charge is 0.497 e. The van der Waals surface area contributed by atoms with Gasteiger partial charge in [-0.25, -0.2) is 0 Å². The molecule has 6 heteroatoms. The Morgan fingerprint density at radius 1 is 1.00 bits per heavy atom. The second-order valence-corrected chi connectivity index (χ2v) is 8.17. The number of para-hydroxylation sites is 1. The van der Waals surface area contributed by atoms with Gasteiger partial charge in [-0.2, -0.15) is 0 Å². The molecule has 2 unspecified atom stereocenters. The van der Waals surface area contributed by atoms with Gasteiger partial charge in [-0.15, -0.1) is 0 Å². The van der Waals surface area contributed by atoms with Gasteiger partial charge in [-0.05, 0) is 43.0 Å². The molecule has 2 aliphatic rings. The summed E-state index contributed by atoms with van der Waals surface area (Å²) in [6.07, 6.45) is 2.31. The Kier molecular flexibility index (Phi) is 6.62. The van der Waals surface area contributed by atoms with Crippen LogP contribution >= 0.6 is 0 Å². The molecule has 4 rings (SSSR count). The summed E-state index contributed by atoms with van der Waals surface area (Å²) in [4.78, 5) is 9.34. The zero-order valence-electron chi connectivity index (χ0n) is 18.1. The number of rotatable bonds is 6. The number of benzene rings is 2. The van der Waals surface area contributed by atoms with Crippen LogP contribution in [0, 0.1) is 5.92 Å². The maximum Gasteiger partial charge on any atom is 0.191 e. The molecular weight excluding hydrogens is 374 g/mol. The van der Waals surface area contributed by atoms with Crippen LogP contribution in [0.2, 0.25) is 0 Å². The summed E-state index contributed by atoms with van der Waals surface area (Å²) in [6, 6.07) is 19.4. The number of hydrogen-bond donors (Lipinski definition) is 2. The van der Waals surface area contributed by atoms with Crippen LogP contribution in [0.4, 0.5) is 11.4 Å². The van der Waals surface area contributed by atoms with Gasteiger partial charge in [0.25, 0.3) is 0 Å². The molecule has 160 valence electrons. The molecule has 0 bridgehead atoms. The summed E-state index contributed by atoms with van der Waals surface area (Å²) >= 11 is 0. The molecule has 0 saturated carbocycles. The van der Waals surface area contributed by atoms with Crippen LogP contribution < -0.4 is 25.2 Å². The van der Waals surface area contributed by atoms with Crippen LogP contribution in [0.25, 0.3) is 0 Å². The quantitative estimate of drug-likeness (QED) is 0.570. The number of hydrogen-bond acceptors (Lipinski definition) is 4. The van der Waals surface area contributed by atoms with E-state index in [-0.39, 0.29) is 0 Å². The fraction of sp³-hybridized carbons (Fsp3) is 0.458. The van der Waals surface area contributed by atoms with E-state index >= 15 is 0 Å². The van der Waals surface area contributed by atoms with Gasteiger partial charge in [0.05, 0.1) is 7.11 Å². The predicted octanol–water partition coefficient (Wildman–Crippen LogP) is 2.97. The normalized spacial score (nSPS) is 21.7. The van der Waals surface area contributed by atoms with Crippen molar-refractivity contribution in [3.8, 4) is 5.75 Å². The Balaban J connectivity index is 1.23. The molecule has 2 aliphatic heterocycles. The minimum atomic E-state index is 0.424. The van der Waals surface area contributed by atoms with Crippen LogP contribution in [0.3, 0.4) is 0 Å². The van der Waals surface area contributed by atoms with Crippen LogP contribution in [0.15, 0.2) is 59.6 Å². The molecule has 2 saturated heterocycles. The first-order valence-electron chi connectivity index (χ1n) is 10.9. The number of guanidine groups is 1. The van der Waals surface area contributed by atoms with Crippen molar-refractivity contribution in [3.63, 3.8) is 0 Å². The van der Waals surface area contributed by atoms with Gasteiger partial charge < -0.3 is 25.2 Å². The first-order chi connectivity index (χ1) is 14.7. The van der Waals surface area contributed by atoms with Crippen molar-refractivity contribution in [3.05, 3.63) is 54.6 Å². The number of nitrogens with one attached hydrogen (secondary N) is 2. The van der Waals surface area contributed by atoms with Gasteiger partial charge in [0.15, 0.2) is 5.96 Å². The van der Waals surface area contributed by atoms with E-state index in [2.05, 4.69) is 74.0 Å². The van der Waals surface area contributed by atoms with E-state index in [1.165, 1.54) is 17.8 Å². The van der Waals surface area contributed by atoms with Crippen LogP contribution in [-0.4, -0.2) is 58.9 Å². The highest BCUT2D eigenvalue weighted by molar-refractivity contribution is 5.80. The molecule has 2 aromatic rings. The molecule has 0 aliphatic carbocycles. The number of methoxy groups -OCH3 is 1. The Bertz CT molecular complexity index is 840. The SMILES string of the molecule is CN=C(NCC1CCN(c2cccc(OC)c2)C1)NC1CCN(c2ccccc2)C1.